The summed E-state index contributed by atoms with van der Waals surface area (Å²) in [5.74, 6) is -3.27. The molecule has 1 heterocycles. The van der Waals surface area contributed by atoms with Crippen molar-refractivity contribution in [3.63, 3.8) is 0 Å². The Balaban J connectivity index is 1.72. The van der Waals surface area contributed by atoms with Crippen LogP contribution in [0.1, 0.15) is 39.1 Å². The van der Waals surface area contributed by atoms with Gasteiger partial charge in [-0.25, -0.2) is 5.01 Å². The lowest BCUT2D eigenvalue weighted by atomic mass is 9.81. The van der Waals surface area contributed by atoms with Gasteiger partial charge in [-0.1, -0.05) is 84.9 Å². The molecule has 0 radical (unpaired) electrons. The third-order valence-corrected chi connectivity index (χ3v) is 9.47. The second kappa shape index (κ2) is 10.1. The van der Waals surface area contributed by atoms with Gasteiger partial charge in [-0.2, -0.15) is 5.01 Å². The lowest BCUT2D eigenvalue weighted by Gasteiger charge is -2.30. The fraction of sp³-hybridized carbons (Fsp3) is 0.333. The van der Waals surface area contributed by atoms with Gasteiger partial charge in [0.2, 0.25) is 0 Å². The number of hydrazine groups is 1. The van der Waals surface area contributed by atoms with Crippen LogP contribution >= 0.6 is 55.1 Å². The van der Waals surface area contributed by atoms with Crippen molar-refractivity contribution < 1.29 is 19.2 Å². The predicted molar refractivity (Wildman–Crippen MR) is 137 cm³/mol. The fourth-order valence-corrected chi connectivity index (χ4v) is 6.04. The first kappa shape index (κ1) is 25.4. The van der Waals surface area contributed by atoms with E-state index >= 15 is 0 Å². The van der Waals surface area contributed by atoms with Crippen molar-refractivity contribution >= 4 is 78.6 Å². The molecule has 2 aromatic carbocycles. The Morgan fingerprint density at radius 1 is 0.971 bits per heavy atom. The average molecular weight is 631 g/mol. The van der Waals surface area contributed by atoms with E-state index in [9.17, 15) is 19.2 Å². The van der Waals surface area contributed by atoms with Crippen LogP contribution in [0.15, 0.2) is 42.5 Å². The Morgan fingerprint density at radius 3 is 2.06 bits per heavy atom. The zero-order valence-corrected chi connectivity index (χ0v) is 22.7. The van der Waals surface area contributed by atoms with Gasteiger partial charge >= 0.3 is 0 Å². The molecule has 1 aliphatic heterocycles. The summed E-state index contributed by atoms with van der Waals surface area (Å²) in [6.45, 7) is 1.40. The monoisotopic (exact) mass is 628 g/mol. The average Bonchev–Trinajstić information content (AvgIpc) is 3.02. The van der Waals surface area contributed by atoms with Crippen molar-refractivity contribution in [3.8, 4) is 0 Å². The maximum absolute atomic E-state index is 13.6. The molecule has 4 atom stereocenters. The molecule has 6 nitrogen and oxygen atoms in total. The predicted octanol–water partition coefficient (Wildman–Crippen LogP) is 5.46. The molecule has 1 saturated heterocycles. The summed E-state index contributed by atoms with van der Waals surface area (Å²) in [5.41, 5.74) is 1.37. The van der Waals surface area contributed by atoms with Gasteiger partial charge in [0.05, 0.1) is 22.4 Å². The van der Waals surface area contributed by atoms with Crippen LogP contribution in [0.5, 0.6) is 0 Å². The van der Waals surface area contributed by atoms with Gasteiger partial charge in [0.25, 0.3) is 17.7 Å². The van der Waals surface area contributed by atoms with Crippen molar-refractivity contribution in [3.05, 3.63) is 69.2 Å². The number of fused-ring (bicyclic) bond motifs is 1. The summed E-state index contributed by atoms with van der Waals surface area (Å²) in [4.78, 5) is 53.5. The van der Waals surface area contributed by atoms with Crippen molar-refractivity contribution in [1.82, 2.24) is 10.0 Å². The summed E-state index contributed by atoms with van der Waals surface area (Å²) in [6.07, 6.45) is 0.884. The Hall–Kier alpha value is -1.74. The van der Waals surface area contributed by atoms with Gasteiger partial charge in [-0.15, -0.1) is 0 Å². The zero-order valence-electron chi connectivity index (χ0n) is 18.0. The summed E-state index contributed by atoms with van der Waals surface area (Å²) in [5, 5.41) is 2.16. The molecule has 10 heteroatoms. The van der Waals surface area contributed by atoms with E-state index in [4.69, 9.17) is 23.2 Å². The molecule has 0 N–H and O–H groups in total. The molecule has 0 unspecified atom stereocenters. The van der Waals surface area contributed by atoms with E-state index < -0.39 is 41.9 Å². The highest BCUT2D eigenvalue weighted by Gasteiger charge is 2.54. The van der Waals surface area contributed by atoms with Crippen molar-refractivity contribution in [1.29, 1.82) is 0 Å². The lowest BCUT2D eigenvalue weighted by molar-refractivity contribution is -0.154. The molecule has 0 aromatic heterocycles. The molecule has 0 spiro atoms. The number of hydrogen-bond acceptors (Lipinski definition) is 4. The Labute approximate surface area is 223 Å². The Morgan fingerprint density at radius 2 is 1.53 bits per heavy atom. The summed E-state index contributed by atoms with van der Waals surface area (Å²) < 4.78 is 0. The first-order chi connectivity index (χ1) is 16.1. The summed E-state index contributed by atoms with van der Waals surface area (Å²) in [6, 6.07) is 11.2. The number of amides is 3. The van der Waals surface area contributed by atoms with E-state index in [1.54, 1.807) is 24.3 Å². The largest absolute Gasteiger partial charge is 0.292 e. The number of rotatable bonds is 5. The SMILES string of the molecule is Cc1ccc(C(=O)CN(C(=O)c2ccc(Cl)cc2Cl)N2C(=O)[C@H]3C[C@@H](Br)[C@@H](Br)C[C@H]3C2=O)cc1. The van der Waals surface area contributed by atoms with Crippen LogP contribution < -0.4 is 0 Å². The molecule has 1 aliphatic carbocycles. The highest BCUT2D eigenvalue weighted by atomic mass is 79.9. The minimum atomic E-state index is -0.728. The normalized spacial score (nSPS) is 24.2. The maximum atomic E-state index is 13.6. The third-order valence-electron chi connectivity index (χ3n) is 6.19. The van der Waals surface area contributed by atoms with Crippen LogP contribution in [-0.4, -0.2) is 49.7 Å². The number of aryl methyl sites for hydroxylation is 1. The van der Waals surface area contributed by atoms with Gasteiger partial charge < -0.3 is 0 Å². The molecule has 1 saturated carbocycles. The lowest BCUT2D eigenvalue weighted by Crippen LogP contribution is -2.52. The highest BCUT2D eigenvalue weighted by Crippen LogP contribution is 2.43. The van der Waals surface area contributed by atoms with E-state index in [-0.39, 0.29) is 20.2 Å². The Bertz CT molecular complexity index is 1150. The second-order valence-corrected chi connectivity index (χ2v) is 11.7. The fourth-order valence-electron chi connectivity index (χ4n) is 4.32. The number of carbonyl (C=O) groups excluding carboxylic acids is 4. The standard InChI is InChI=1S/C24H20Br2Cl2N2O4/c1-12-2-4-13(5-3-12)21(31)11-29(22(32)15-7-6-14(27)8-20(15)28)30-23(33)16-9-18(25)19(26)10-17(16)24(30)34/h2-8,16-19H,9-11H2,1H3/t16-,17+,18+,19-. The van der Waals surface area contributed by atoms with Crippen LogP contribution in [-0.2, 0) is 9.59 Å². The first-order valence-electron chi connectivity index (χ1n) is 10.6. The summed E-state index contributed by atoms with van der Waals surface area (Å²) >= 11 is 19.4. The minimum Gasteiger partial charge on any atom is -0.292 e. The number of nitrogens with zero attached hydrogens (tertiary/aromatic N) is 2. The van der Waals surface area contributed by atoms with Crippen LogP contribution in [0.2, 0.25) is 10.0 Å². The minimum absolute atomic E-state index is 0.00880. The topological polar surface area (TPSA) is 74.8 Å². The molecule has 178 valence electrons. The summed E-state index contributed by atoms with van der Waals surface area (Å²) in [7, 11) is 0. The number of halogens is 4. The van der Waals surface area contributed by atoms with E-state index in [2.05, 4.69) is 31.9 Å². The van der Waals surface area contributed by atoms with Gasteiger partial charge in [0, 0.05) is 20.2 Å². The number of hydrogen-bond donors (Lipinski definition) is 0. The molecule has 34 heavy (non-hydrogen) atoms. The van der Waals surface area contributed by atoms with Crippen LogP contribution in [0, 0.1) is 18.8 Å². The molecular weight excluding hydrogens is 611 g/mol. The molecule has 2 aliphatic rings. The van der Waals surface area contributed by atoms with Crippen molar-refractivity contribution in [2.75, 3.05) is 6.54 Å². The number of benzene rings is 2. The van der Waals surface area contributed by atoms with E-state index in [1.165, 1.54) is 18.2 Å². The maximum Gasteiger partial charge on any atom is 0.274 e. The number of carbonyl (C=O) groups is 4. The van der Waals surface area contributed by atoms with Crippen molar-refractivity contribution in [2.45, 2.75) is 29.4 Å². The first-order valence-corrected chi connectivity index (χ1v) is 13.2. The molecule has 3 amide bonds. The van der Waals surface area contributed by atoms with E-state index in [1.807, 2.05) is 6.92 Å². The molecule has 4 rings (SSSR count). The molecular formula is C24H20Br2Cl2N2O4. The van der Waals surface area contributed by atoms with E-state index in [0.29, 0.717) is 23.4 Å². The quantitative estimate of drug-likeness (QED) is 0.250. The number of alkyl halides is 2. The Kier molecular flexibility index (Phi) is 7.53. The van der Waals surface area contributed by atoms with Crippen LogP contribution in [0.25, 0.3) is 0 Å². The van der Waals surface area contributed by atoms with Crippen LogP contribution in [0.4, 0.5) is 0 Å². The number of imide groups is 1. The van der Waals surface area contributed by atoms with Gasteiger partial charge in [-0.05, 0) is 38.0 Å². The number of Topliss-reactive ketones (excluding diaryl/α,β-unsaturated/α-hetero) is 1. The third kappa shape index (κ3) is 4.83. The number of ketones is 1. The molecule has 2 fully saturated rings. The van der Waals surface area contributed by atoms with Crippen LogP contribution in [0.3, 0.4) is 0 Å². The zero-order chi connectivity index (χ0) is 24.7. The van der Waals surface area contributed by atoms with Gasteiger partial charge in [-0.3, -0.25) is 19.2 Å². The molecule has 0 bridgehead atoms. The van der Waals surface area contributed by atoms with E-state index in [0.717, 1.165) is 15.6 Å². The van der Waals surface area contributed by atoms with Gasteiger partial charge in [0.1, 0.15) is 6.54 Å². The van der Waals surface area contributed by atoms with Crippen molar-refractivity contribution in [2.24, 2.45) is 11.8 Å². The van der Waals surface area contributed by atoms with Gasteiger partial charge in [0.15, 0.2) is 5.78 Å². The highest BCUT2D eigenvalue weighted by molar-refractivity contribution is 9.12. The molecule has 2 aromatic rings. The second-order valence-electron chi connectivity index (χ2n) is 8.48. The smallest absolute Gasteiger partial charge is 0.274 e.